The highest BCUT2D eigenvalue weighted by Crippen LogP contribution is 2.20. The van der Waals surface area contributed by atoms with Crippen LogP contribution in [-0.4, -0.2) is 47.8 Å². The van der Waals surface area contributed by atoms with E-state index in [1.165, 1.54) is 5.56 Å². The molecule has 1 aliphatic rings. The summed E-state index contributed by atoms with van der Waals surface area (Å²) in [5.74, 6) is 0. The van der Waals surface area contributed by atoms with Crippen LogP contribution in [0.5, 0.6) is 0 Å². The molecule has 5 heteroatoms. The molecule has 110 valence electrons. The molecule has 0 aromatic carbocycles. The fourth-order valence-corrected chi connectivity index (χ4v) is 2.24. The third-order valence-electron chi connectivity index (χ3n) is 3.28. The number of hydrogen-bond acceptors (Lipinski definition) is 4. The van der Waals surface area contributed by atoms with Crippen molar-refractivity contribution in [2.24, 2.45) is 0 Å². The van der Waals surface area contributed by atoms with Crippen LogP contribution in [0.4, 0.5) is 10.5 Å². The maximum absolute atomic E-state index is 12.0. The van der Waals surface area contributed by atoms with Crippen LogP contribution in [-0.2, 0) is 4.74 Å². The van der Waals surface area contributed by atoms with Gasteiger partial charge in [0.1, 0.15) is 5.60 Å². The third kappa shape index (κ3) is 3.62. The summed E-state index contributed by atoms with van der Waals surface area (Å²) in [6.45, 7) is 10.7. The Morgan fingerprint density at radius 1 is 1.25 bits per heavy atom. The van der Waals surface area contributed by atoms with Gasteiger partial charge in [0, 0.05) is 32.4 Å². The summed E-state index contributed by atoms with van der Waals surface area (Å²) in [5, 5.41) is 0. The van der Waals surface area contributed by atoms with E-state index in [1.54, 1.807) is 11.1 Å². The van der Waals surface area contributed by atoms with Crippen LogP contribution in [0.15, 0.2) is 18.5 Å². The summed E-state index contributed by atoms with van der Waals surface area (Å²) >= 11 is 0. The Balaban J connectivity index is 1.93. The van der Waals surface area contributed by atoms with Crippen molar-refractivity contribution in [3.63, 3.8) is 0 Å². The molecule has 1 aromatic rings. The molecule has 0 aliphatic carbocycles. The van der Waals surface area contributed by atoms with Crippen molar-refractivity contribution < 1.29 is 9.53 Å². The van der Waals surface area contributed by atoms with Gasteiger partial charge >= 0.3 is 6.09 Å². The molecule has 5 nitrogen and oxygen atoms in total. The molecule has 2 heterocycles. The maximum atomic E-state index is 12.0. The topological polar surface area (TPSA) is 45.7 Å². The molecule has 1 aliphatic heterocycles. The lowest BCUT2D eigenvalue weighted by Crippen LogP contribution is -2.50. The van der Waals surface area contributed by atoms with Gasteiger partial charge in [0.25, 0.3) is 0 Å². The smallest absolute Gasteiger partial charge is 0.410 e. The summed E-state index contributed by atoms with van der Waals surface area (Å²) in [6, 6.07) is 2.01. The van der Waals surface area contributed by atoms with E-state index in [0.29, 0.717) is 13.1 Å². The van der Waals surface area contributed by atoms with Crippen molar-refractivity contribution in [1.82, 2.24) is 9.88 Å². The molecule has 0 atom stereocenters. The van der Waals surface area contributed by atoms with E-state index in [4.69, 9.17) is 4.74 Å². The van der Waals surface area contributed by atoms with Gasteiger partial charge in [0.15, 0.2) is 0 Å². The number of pyridine rings is 1. The first kappa shape index (κ1) is 14.6. The third-order valence-corrected chi connectivity index (χ3v) is 3.28. The van der Waals surface area contributed by atoms with Crippen LogP contribution in [0.25, 0.3) is 0 Å². The largest absolute Gasteiger partial charge is 0.444 e. The molecule has 0 N–H and O–H groups in total. The van der Waals surface area contributed by atoms with Gasteiger partial charge in [-0.2, -0.15) is 0 Å². The van der Waals surface area contributed by atoms with Gasteiger partial charge in [-0.25, -0.2) is 4.79 Å². The molecule has 0 saturated carbocycles. The first-order valence-corrected chi connectivity index (χ1v) is 7.00. The molecule has 20 heavy (non-hydrogen) atoms. The second kappa shape index (κ2) is 5.69. The summed E-state index contributed by atoms with van der Waals surface area (Å²) in [4.78, 5) is 20.2. The highest BCUT2D eigenvalue weighted by molar-refractivity contribution is 5.68. The Morgan fingerprint density at radius 3 is 2.45 bits per heavy atom. The Bertz CT molecular complexity index is 474. The average molecular weight is 277 g/mol. The quantitative estimate of drug-likeness (QED) is 0.791. The number of piperazine rings is 1. The van der Waals surface area contributed by atoms with E-state index in [9.17, 15) is 4.79 Å². The van der Waals surface area contributed by atoms with Gasteiger partial charge in [-0.05, 0) is 39.3 Å². The number of nitrogens with zero attached hydrogens (tertiary/aromatic N) is 3. The molecule has 1 amide bonds. The number of carbonyl (C=O) groups is 1. The summed E-state index contributed by atoms with van der Waals surface area (Å²) in [6.07, 6.45) is 3.47. The lowest BCUT2D eigenvalue weighted by atomic mass is 10.2. The van der Waals surface area contributed by atoms with Crippen molar-refractivity contribution in [1.29, 1.82) is 0 Å². The number of hydrogen-bond donors (Lipinski definition) is 0. The average Bonchev–Trinajstić information content (AvgIpc) is 2.37. The summed E-state index contributed by atoms with van der Waals surface area (Å²) in [5.41, 5.74) is 1.93. The minimum atomic E-state index is -0.436. The minimum absolute atomic E-state index is 0.222. The molecule has 0 unspecified atom stereocenters. The predicted molar refractivity (Wildman–Crippen MR) is 79.0 cm³/mol. The minimum Gasteiger partial charge on any atom is -0.444 e. The number of aryl methyl sites for hydroxylation is 1. The number of aromatic nitrogens is 1. The number of amides is 1. The Kier molecular flexibility index (Phi) is 4.16. The van der Waals surface area contributed by atoms with Gasteiger partial charge < -0.3 is 14.5 Å². The summed E-state index contributed by atoms with van der Waals surface area (Å²) in [7, 11) is 0. The second-order valence-electron chi connectivity index (χ2n) is 6.12. The van der Waals surface area contributed by atoms with Crippen LogP contribution in [0, 0.1) is 6.92 Å². The Morgan fingerprint density at radius 2 is 1.90 bits per heavy atom. The Hall–Kier alpha value is -1.78. The van der Waals surface area contributed by atoms with E-state index in [1.807, 2.05) is 33.0 Å². The van der Waals surface area contributed by atoms with Gasteiger partial charge in [0.2, 0.25) is 0 Å². The monoisotopic (exact) mass is 277 g/mol. The highest BCUT2D eigenvalue weighted by atomic mass is 16.6. The maximum Gasteiger partial charge on any atom is 0.410 e. The van der Waals surface area contributed by atoms with Gasteiger partial charge in [0.05, 0.1) is 11.9 Å². The first-order valence-electron chi connectivity index (χ1n) is 7.00. The Labute approximate surface area is 120 Å². The van der Waals surface area contributed by atoms with Crippen molar-refractivity contribution in [2.75, 3.05) is 31.1 Å². The fourth-order valence-electron chi connectivity index (χ4n) is 2.24. The van der Waals surface area contributed by atoms with Crippen LogP contribution >= 0.6 is 0 Å². The SMILES string of the molecule is Cc1ccncc1N1CCN(C(=O)OC(C)(C)C)CC1. The summed E-state index contributed by atoms with van der Waals surface area (Å²) < 4.78 is 5.40. The highest BCUT2D eigenvalue weighted by Gasteiger charge is 2.26. The van der Waals surface area contributed by atoms with Crippen LogP contribution in [0.1, 0.15) is 26.3 Å². The van der Waals surface area contributed by atoms with Crippen LogP contribution in [0.3, 0.4) is 0 Å². The van der Waals surface area contributed by atoms with E-state index >= 15 is 0 Å². The van der Waals surface area contributed by atoms with Crippen LogP contribution < -0.4 is 4.90 Å². The first-order chi connectivity index (χ1) is 9.37. The molecule has 0 bridgehead atoms. The van der Waals surface area contributed by atoms with Gasteiger partial charge in [-0.1, -0.05) is 0 Å². The lowest BCUT2D eigenvalue weighted by molar-refractivity contribution is 0.0240. The molecule has 1 aromatic heterocycles. The van der Waals surface area contributed by atoms with Crippen molar-refractivity contribution in [3.05, 3.63) is 24.0 Å². The zero-order valence-electron chi connectivity index (χ0n) is 12.7. The molecular formula is C15H23N3O2. The molecule has 1 saturated heterocycles. The molecule has 0 spiro atoms. The van der Waals surface area contributed by atoms with Crippen molar-refractivity contribution in [2.45, 2.75) is 33.3 Å². The van der Waals surface area contributed by atoms with E-state index in [-0.39, 0.29) is 6.09 Å². The van der Waals surface area contributed by atoms with Crippen molar-refractivity contribution in [3.8, 4) is 0 Å². The van der Waals surface area contributed by atoms with E-state index in [0.717, 1.165) is 18.8 Å². The zero-order chi connectivity index (χ0) is 14.8. The molecule has 2 rings (SSSR count). The fraction of sp³-hybridized carbons (Fsp3) is 0.600. The molecular weight excluding hydrogens is 254 g/mol. The molecule has 0 radical (unpaired) electrons. The van der Waals surface area contributed by atoms with Crippen LogP contribution in [0.2, 0.25) is 0 Å². The van der Waals surface area contributed by atoms with E-state index < -0.39 is 5.60 Å². The van der Waals surface area contributed by atoms with E-state index in [2.05, 4.69) is 16.8 Å². The van der Waals surface area contributed by atoms with Crippen molar-refractivity contribution >= 4 is 11.8 Å². The van der Waals surface area contributed by atoms with Gasteiger partial charge in [-0.15, -0.1) is 0 Å². The normalized spacial score (nSPS) is 16.2. The zero-order valence-corrected chi connectivity index (χ0v) is 12.7. The number of anilines is 1. The number of ether oxygens (including phenoxy) is 1. The predicted octanol–water partition coefficient (Wildman–Crippen LogP) is 2.45. The molecule has 1 fully saturated rings. The number of rotatable bonds is 1. The second-order valence-corrected chi connectivity index (χ2v) is 6.12. The lowest BCUT2D eigenvalue weighted by Gasteiger charge is -2.37. The number of carbonyl (C=O) groups excluding carboxylic acids is 1. The standard InChI is InChI=1S/C15H23N3O2/c1-12-5-6-16-11-13(12)17-7-9-18(10-8-17)14(19)20-15(2,3)4/h5-6,11H,7-10H2,1-4H3. The van der Waals surface area contributed by atoms with Gasteiger partial charge in [-0.3, -0.25) is 4.98 Å².